The van der Waals surface area contributed by atoms with E-state index in [0.29, 0.717) is 0 Å². The third-order valence-electron chi connectivity index (χ3n) is 6.09. The Labute approximate surface area is 154 Å². The van der Waals surface area contributed by atoms with Gasteiger partial charge in [-0.05, 0) is 0 Å². The molecule has 1 nitrogen and oxygen atoms in total. The number of unbranched alkanes of at least 4 members (excludes halogenated alkanes) is 3. The summed E-state index contributed by atoms with van der Waals surface area (Å²) >= 11 is -2.37. The van der Waals surface area contributed by atoms with Crippen molar-refractivity contribution >= 4 is 22.0 Å². The second-order valence-corrected chi connectivity index (χ2v) is 21.1. The van der Waals surface area contributed by atoms with Crippen LogP contribution >= 0.6 is 0 Å². The average molecular weight is 437 g/mol. The van der Waals surface area contributed by atoms with Crippen LogP contribution in [0.15, 0.2) is 24.3 Å². The molecule has 0 N–H and O–H groups in total. The predicted octanol–water partition coefficient (Wildman–Crippen LogP) is 6.38. The van der Waals surface area contributed by atoms with Gasteiger partial charge in [0.15, 0.2) is 0 Å². The Hall–Kier alpha value is -0.0213. The molecule has 24 heavy (non-hydrogen) atoms. The molecular formula is C22H38OSn. The molecule has 0 bridgehead atoms. The monoisotopic (exact) mass is 438 g/mol. The molecule has 1 aromatic rings. The quantitative estimate of drug-likeness (QED) is 0.365. The first kappa shape index (κ1) is 20.3. The average Bonchev–Trinajstić information content (AvgIpc) is 2.59. The molecule has 1 aliphatic heterocycles. The number of benzene rings is 1. The van der Waals surface area contributed by atoms with Crippen LogP contribution in [0.3, 0.4) is 0 Å². The van der Waals surface area contributed by atoms with Gasteiger partial charge in [0.2, 0.25) is 0 Å². The van der Waals surface area contributed by atoms with Gasteiger partial charge in [0.1, 0.15) is 0 Å². The number of rotatable bonds is 11. The van der Waals surface area contributed by atoms with Crippen molar-refractivity contribution in [1.82, 2.24) is 0 Å². The van der Waals surface area contributed by atoms with Crippen LogP contribution in [-0.4, -0.2) is 25.0 Å². The maximum absolute atomic E-state index is 6.09. The first-order valence-electron chi connectivity index (χ1n) is 10.4. The summed E-state index contributed by atoms with van der Waals surface area (Å²) in [6, 6.07) is 9.45. The van der Waals surface area contributed by atoms with Crippen molar-refractivity contribution in [1.29, 1.82) is 0 Å². The first-order valence-corrected chi connectivity index (χ1v) is 17.8. The van der Waals surface area contributed by atoms with Gasteiger partial charge in [-0.1, -0.05) is 0 Å². The maximum atomic E-state index is 6.09. The van der Waals surface area contributed by atoms with E-state index in [1.54, 1.807) is 5.56 Å². The Bertz CT molecular complexity index is 471. The number of hydrogen-bond donors (Lipinski definition) is 0. The van der Waals surface area contributed by atoms with Crippen molar-refractivity contribution < 1.29 is 4.74 Å². The zero-order valence-corrected chi connectivity index (χ0v) is 19.3. The van der Waals surface area contributed by atoms with E-state index in [1.807, 2.05) is 3.58 Å². The van der Waals surface area contributed by atoms with Crippen molar-refractivity contribution in [3.63, 3.8) is 0 Å². The topological polar surface area (TPSA) is 9.23 Å². The second kappa shape index (κ2) is 9.61. The van der Waals surface area contributed by atoms with E-state index in [0.717, 1.165) is 6.61 Å². The van der Waals surface area contributed by atoms with Crippen LogP contribution in [0.2, 0.25) is 13.3 Å². The minimum absolute atomic E-state index is 0.00338. The molecule has 2 heteroatoms. The van der Waals surface area contributed by atoms with E-state index >= 15 is 0 Å². The Morgan fingerprint density at radius 3 is 1.83 bits per heavy atom. The SMILES string of the molecule is CCC[CH2][Sn]([CH2]CCC)([CH2]CCC)[c]1ccccc1C1(C)CCO1. The summed E-state index contributed by atoms with van der Waals surface area (Å²) in [6.07, 6.45) is 9.49. The molecule has 136 valence electrons. The van der Waals surface area contributed by atoms with Crippen molar-refractivity contribution in [3.8, 4) is 0 Å². The van der Waals surface area contributed by atoms with Gasteiger partial charge in [0, 0.05) is 0 Å². The van der Waals surface area contributed by atoms with Crippen molar-refractivity contribution in [2.45, 2.75) is 91.6 Å². The summed E-state index contributed by atoms with van der Waals surface area (Å²) in [5, 5.41) is 0. The minimum atomic E-state index is -2.37. The van der Waals surface area contributed by atoms with E-state index in [2.05, 4.69) is 52.0 Å². The van der Waals surface area contributed by atoms with Gasteiger partial charge in [0.05, 0.1) is 0 Å². The van der Waals surface area contributed by atoms with Crippen LogP contribution in [0.5, 0.6) is 0 Å². The molecule has 2 rings (SSSR count). The van der Waals surface area contributed by atoms with Crippen LogP contribution in [0, 0.1) is 0 Å². The van der Waals surface area contributed by atoms with E-state index in [9.17, 15) is 0 Å². The van der Waals surface area contributed by atoms with Gasteiger partial charge in [-0.25, -0.2) is 0 Å². The van der Waals surface area contributed by atoms with Crippen LogP contribution in [0.4, 0.5) is 0 Å². The number of hydrogen-bond acceptors (Lipinski definition) is 1. The van der Waals surface area contributed by atoms with E-state index in [1.165, 1.54) is 58.3 Å². The predicted molar refractivity (Wildman–Crippen MR) is 109 cm³/mol. The zero-order chi connectivity index (χ0) is 17.5. The van der Waals surface area contributed by atoms with Gasteiger partial charge in [-0.3, -0.25) is 0 Å². The van der Waals surface area contributed by atoms with Crippen LogP contribution in [-0.2, 0) is 10.3 Å². The Morgan fingerprint density at radius 1 is 0.917 bits per heavy atom. The molecule has 1 fully saturated rings. The third-order valence-corrected chi connectivity index (χ3v) is 21.8. The van der Waals surface area contributed by atoms with Gasteiger partial charge < -0.3 is 0 Å². The second-order valence-electron chi connectivity index (χ2n) is 7.97. The Morgan fingerprint density at radius 2 is 1.42 bits per heavy atom. The molecule has 1 atom stereocenters. The standard InChI is InChI=1S/C10H11O.3C4H9.Sn/c1-10(7-8-11-10)9-5-3-2-4-6-9;3*1-3-4-2;/h2-5H,7-8H2,1H3;3*1,3-4H2,2H3;. The number of ether oxygens (including phenoxy) is 1. The third kappa shape index (κ3) is 4.58. The van der Waals surface area contributed by atoms with Crippen molar-refractivity contribution in [2.24, 2.45) is 0 Å². The fourth-order valence-electron chi connectivity index (χ4n) is 4.35. The van der Waals surface area contributed by atoms with Crippen molar-refractivity contribution in [2.75, 3.05) is 6.61 Å². The zero-order valence-electron chi connectivity index (χ0n) is 16.5. The molecule has 1 aromatic carbocycles. The molecule has 0 spiro atoms. The fraction of sp³-hybridized carbons (Fsp3) is 0.727. The summed E-state index contributed by atoms with van der Waals surface area (Å²) in [5.41, 5.74) is 1.57. The first-order chi connectivity index (χ1) is 11.6. The Balaban J connectivity index is 2.43. The molecule has 1 unspecified atom stereocenters. The summed E-state index contributed by atoms with van der Waals surface area (Å²) in [6.45, 7) is 10.3. The molecule has 0 aliphatic carbocycles. The molecule has 1 heterocycles. The van der Waals surface area contributed by atoms with E-state index < -0.39 is 18.4 Å². The summed E-state index contributed by atoms with van der Waals surface area (Å²) < 4.78 is 12.5. The molecule has 0 radical (unpaired) electrons. The normalized spacial score (nSPS) is 20.8. The van der Waals surface area contributed by atoms with Gasteiger partial charge >= 0.3 is 155 Å². The van der Waals surface area contributed by atoms with Crippen molar-refractivity contribution in [3.05, 3.63) is 29.8 Å². The molecule has 0 amide bonds. The molecular weight excluding hydrogens is 399 g/mol. The molecule has 1 aliphatic rings. The fourth-order valence-corrected chi connectivity index (χ4v) is 21.5. The van der Waals surface area contributed by atoms with Crippen LogP contribution in [0.1, 0.15) is 78.2 Å². The summed E-state index contributed by atoms with van der Waals surface area (Å²) in [5.74, 6) is 0. The molecule has 1 saturated heterocycles. The molecule has 0 saturated carbocycles. The Kier molecular flexibility index (Phi) is 8.13. The van der Waals surface area contributed by atoms with E-state index in [-0.39, 0.29) is 5.60 Å². The van der Waals surface area contributed by atoms with Gasteiger partial charge in [-0.2, -0.15) is 0 Å². The van der Waals surface area contributed by atoms with Gasteiger partial charge in [-0.15, -0.1) is 0 Å². The summed E-state index contributed by atoms with van der Waals surface area (Å²) in [7, 11) is 0. The molecule has 0 aromatic heterocycles. The van der Waals surface area contributed by atoms with Gasteiger partial charge in [0.25, 0.3) is 0 Å². The van der Waals surface area contributed by atoms with Crippen LogP contribution in [0.25, 0.3) is 0 Å². The van der Waals surface area contributed by atoms with Crippen LogP contribution < -0.4 is 3.58 Å². The van der Waals surface area contributed by atoms with E-state index in [4.69, 9.17) is 4.74 Å². The summed E-state index contributed by atoms with van der Waals surface area (Å²) in [4.78, 5) is 0.